The van der Waals surface area contributed by atoms with Crippen molar-refractivity contribution < 1.29 is 32.2 Å². The van der Waals surface area contributed by atoms with Crippen molar-refractivity contribution in [1.82, 2.24) is 14.7 Å². The molecular formula is C27H29F3N4O4. The van der Waals surface area contributed by atoms with Gasteiger partial charge >= 0.3 is 6.61 Å². The predicted molar refractivity (Wildman–Crippen MR) is 133 cm³/mol. The summed E-state index contributed by atoms with van der Waals surface area (Å²) < 4.78 is 57.1. The first kappa shape index (κ1) is 26.2. The largest absolute Gasteiger partial charge is 0.434 e. The number of aromatic nitrogens is 2. The molecule has 2 saturated heterocycles. The van der Waals surface area contributed by atoms with Gasteiger partial charge in [0.05, 0.1) is 29.7 Å². The first-order chi connectivity index (χ1) is 18.4. The summed E-state index contributed by atoms with van der Waals surface area (Å²) in [6, 6.07) is 10.5. The van der Waals surface area contributed by atoms with Crippen LogP contribution in [0.15, 0.2) is 48.7 Å². The lowest BCUT2D eigenvalue weighted by Gasteiger charge is -2.35. The summed E-state index contributed by atoms with van der Waals surface area (Å²) in [6.45, 7) is 1.62. The third-order valence-electron chi connectivity index (χ3n) is 6.89. The lowest BCUT2D eigenvalue weighted by molar-refractivity contribution is -0.0509. The Morgan fingerprint density at radius 3 is 2.79 bits per heavy atom. The van der Waals surface area contributed by atoms with Gasteiger partial charge in [-0.25, -0.2) is 9.07 Å². The molecule has 3 aromatic rings. The summed E-state index contributed by atoms with van der Waals surface area (Å²) in [7, 11) is 0. The van der Waals surface area contributed by atoms with E-state index >= 15 is 0 Å². The maximum absolute atomic E-state index is 13.3. The molecule has 2 fully saturated rings. The standard InChI is InChI=1S/C27H29F3N4O4/c1-17-23(14-34(32-17)22-8-5-20(28)6-9-22)26(35)31-21-7-4-19(24(11-21)38-27(29)30)13-33-10-2-3-18(12-33)25-15-36-16-37-25/h4-9,11,14,18,25,27H,2-3,10,12-13,15-16H2,1H3,(H,31,35). The summed E-state index contributed by atoms with van der Waals surface area (Å²) in [5.74, 6) is -0.495. The Hall–Kier alpha value is -3.41. The fourth-order valence-corrected chi connectivity index (χ4v) is 4.98. The van der Waals surface area contributed by atoms with Crippen LogP contribution in [0.2, 0.25) is 0 Å². The number of aryl methyl sites for hydroxylation is 1. The number of hydrogen-bond acceptors (Lipinski definition) is 6. The molecule has 0 bridgehead atoms. The molecule has 0 aliphatic carbocycles. The molecule has 5 rings (SSSR count). The van der Waals surface area contributed by atoms with Gasteiger partial charge in [0.1, 0.15) is 18.4 Å². The van der Waals surface area contributed by atoms with Gasteiger partial charge in [-0.15, -0.1) is 0 Å². The highest BCUT2D eigenvalue weighted by Gasteiger charge is 2.31. The van der Waals surface area contributed by atoms with E-state index in [1.807, 2.05) is 0 Å². The van der Waals surface area contributed by atoms with Crippen LogP contribution in [0.4, 0.5) is 18.9 Å². The lowest BCUT2D eigenvalue weighted by Crippen LogP contribution is -2.40. The average molecular weight is 531 g/mol. The number of carbonyl (C=O) groups is 1. The quantitative estimate of drug-likeness (QED) is 0.453. The van der Waals surface area contributed by atoms with E-state index in [-0.39, 0.29) is 17.7 Å². The maximum atomic E-state index is 13.3. The van der Waals surface area contributed by atoms with Crippen molar-refractivity contribution in [3.05, 3.63) is 71.3 Å². The Labute approximate surface area is 218 Å². The van der Waals surface area contributed by atoms with Crippen molar-refractivity contribution in [3.63, 3.8) is 0 Å². The summed E-state index contributed by atoms with van der Waals surface area (Å²) in [5, 5.41) is 7.07. The van der Waals surface area contributed by atoms with E-state index in [2.05, 4.69) is 15.3 Å². The molecule has 1 amide bonds. The topological polar surface area (TPSA) is 77.9 Å². The Morgan fingerprint density at radius 2 is 2.05 bits per heavy atom. The Morgan fingerprint density at radius 1 is 1.24 bits per heavy atom. The maximum Gasteiger partial charge on any atom is 0.387 e. The van der Waals surface area contributed by atoms with Crippen LogP contribution in [-0.2, 0) is 16.0 Å². The van der Waals surface area contributed by atoms with Crippen molar-refractivity contribution in [2.24, 2.45) is 5.92 Å². The molecule has 11 heteroatoms. The van der Waals surface area contributed by atoms with Crippen LogP contribution < -0.4 is 10.1 Å². The number of rotatable bonds is 8. The van der Waals surface area contributed by atoms with Gasteiger partial charge in [0.2, 0.25) is 0 Å². The van der Waals surface area contributed by atoms with E-state index < -0.39 is 12.5 Å². The molecule has 3 heterocycles. The number of anilines is 1. The zero-order valence-electron chi connectivity index (χ0n) is 20.9. The van der Waals surface area contributed by atoms with Gasteiger partial charge in [-0.1, -0.05) is 6.07 Å². The summed E-state index contributed by atoms with van der Waals surface area (Å²) in [5.41, 5.74) is 2.28. The molecule has 2 unspecified atom stereocenters. The van der Waals surface area contributed by atoms with E-state index in [4.69, 9.17) is 14.2 Å². The smallest absolute Gasteiger partial charge is 0.387 e. The number of ether oxygens (including phenoxy) is 3. The third kappa shape index (κ3) is 6.17. The Bertz CT molecular complexity index is 1260. The van der Waals surface area contributed by atoms with Gasteiger partial charge in [0.25, 0.3) is 5.91 Å². The SMILES string of the molecule is Cc1nn(-c2ccc(F)cc2)cc1C(=O)Nc1ccc(CN2CCCC(C3COCO3)C2)c(OC(F)F)c1. The Kier molecular flexibility index (Phi) is 7.96. The number of piperidine rings is 1. The molecule has 8 nitrogen and oxygen atoms in total. The summed E-state index contributed by atoms with van der Waals surface area (Å²) in [4.78, 5) is 15.2. The van der Waals surface area contributed by atoms with Gasteiger partial charge in [0, 0.05) is 42.5 Å². The van der Waals surface area contributed by atoms with E-state index in [1.54, 1.807) is 31.2 Å². The van der Waals surface area contributed by atoms with Gasteiger partial charge in [-0.05, 0) is 56.6 Å². The highest BCUT2D eigenvalue weighted by molar-refractivity contribution is 6.05. The van der Waals surface area contributed by atoms with E-state index in [9.17, 15) is 18.0 Å². The number of likely N-dealkylation sites (tertiary alicyclic amines) is 1. The molecule has 0 radical (unpaired) electrons. The van der Waals surface area contributed by atoms with Gasteiger partial charge in [-0.2, -0.15) is 13.9 Å². The molecule has 2 aromatic carbocycles. The molecule has 0 saturated carbocycles. The minimum atomic E-state index is -3.01. The second kappa shape index (κ2) is 11.5. The van der Waals surface area contributed by atoms with Crippen molar-refractivity contribution in [2.75, 3.05) is 31.8 Å². The fourth-order valence-electron chi connectivity index (χ4n) is 4.98. The predicted octanol–water partition coefficient (Wildman–Crippen LogP) is 4.76. The Balaban J connectivity index is 1.29. The van der Waals surface area contributed by atoms with Crippen molar-refractivity contribution in [2.45, 2.75) is 39.0 Å². The molecule has 2 aliphatic rings. The first-order valence-electron chi connectivity index (χ1n) is 12.5. The molecule has 1 N–H and O–H groups in total. The van der Waals surface area contributed by atoms with Crippen LogP contribution >= 0.6 is 0 Å². The zero-order chi connectivity index (χ0) is 26.6. The van der Waals surface area contributed by atoms with E-state index in [1.165, 1.54) is 29.1 Å². The normalized spacial score (nSPS) is 20.1. The number of carbonyl (C=O) groups excluding carboxylic acids is 1. The third-order valence-corrected chi connectivity index (χ3v) is 6.89. The van der Waals surface area contributed by atoms with Crippen LogP contribution in [0, 0.1) is 18.7 Å². The van der Waals surface area contributed by atoms with Crippen molar-refractivity contribution in [1.29, 1.82) is 0 Å². The number of benzene rings is 2. The van der Waals surface area contributed by atoms with E-state index in [0.29, 0.717) is 54.1 Å². The lowest BCUT2D eigenvalue weighted by atomic mass is 9.92. The fraction of sp³-hybridized carbons (Fsp3) is 0.407. The second-order valence-corrected chi connectivity index (χ2v) is 9.54. The molecule has 1 aromatic heterocycles. The number of alkyl halides is 2. The van der Waals surface area contributed by atoms with Gasteiger partial charge in [-0.3, -0.25) is 9.69 Å². The summed E-state index contributed by atoms with van der Waals surface area (Å²) in [6.07, 6.45) is 3.61. The highest BCUT2D eigenvalue weighted by Crippen LogP contribution is 2.30. The number of halogens is 3. The second-order valence-electron chi connectivity index (χ2n) is 9.54. The molecule has 2 aliphatic heterocycles. The minimum Gasteiger partial charge on any atom is -0.434 e. The van der Waals surface area contributed by atoms with Gasteiger partial charge in [0.15, 0.2) is 0 Å². The van der Waals surface area contributed by atoms with Crippen LogP contribution in [0.25, 0.3) is 5.69 Å². The highest BCUT2D eigenvalue weighted by atomic mass is 19.3. The van der Waals surface area contributed by atoms with Crippen LogP contribution in [-0.4, -0.2) is 59.8 Å². The summed E-state index contributed by atoms with van der Waals surface area (Å²) >= 11 is 0. The molecule has 0 spiro atoms. The van der Waals surface area contributed by atoms with Crippen molar-refractivity contribution in [3.8, 4) is 11.4 Å². The molecule has 2 atom stereocenters. The van der Waals surface area contributed by atoms with Crippen LogP contribution in [0.1, 0.15) is 34.5 Å². The van der Waals surface area contributed by atoms with Crippen LogP contribution in [0.5, 0.6) is 5.75 Å². The minimum absolute atomic E-state index is 0.0131. The monoisotopic (exact) mass is 530 g/mol. The average Bonchev–Trinajstić information content (AvgIpc) is 3.56. The molecular weight excluding hydrogens is 501 g/mol. The van der Waals surface area contributed by atoms with E-state index in [0.717, 1.165) is 25.9 Å². The van der Waals surface area contributed by atoms with Gasteiger partial charge < -0.3 is 19.5 Å². The van der Waals surface area contributed by atoms with Crippen LogP contribution in [0.3, 0.4) is 0 Å². The molecule has 38 heavy (non-hydrogen) atoms. The number of hydrogen-bond donors (Lipinski definition) is 1. The first-order valence-corrected chi connectivity index (χ1v) is 12.5. The number of nitrogens with one attached hydrogen (secondary N) is 1. The van der Waals surface area contributed by atoms with Crippen molar-refractivity contribution >= 4 is 11.6 Å². The number of nitrogens with zero attached hydrogens (tertiary/aromatic N) is 3. The zero-order valence-corrected chi connectivity index (χ0v) is 20.9. The molecule has 202 valence electrons. The number of amides is 1.